The van der Waals surface area contributed by atoms with Crippen molar-refractivity contribution in [3.8, 4) is 24.7 Å². The van der Waals surface area contributed by atoms with Crippen molar-refractivity contribution >= 4 is 11.9 Å². The van der Waals surface area contributed by atoms with Gasteiger partial charge >= 0.3 is 0 Å². The van der Waals surface area contributed by atoms with Gasteiger partial charge in [0.15, 0.2) is 0 Å². The topological polar surface area (TPSA) is 80.3 Å². The minimum atomic E-state index is -1.64. The fraction of sp³-hybridized carbons (Fsp3) is 0.200. The Bertz CT molecular complexity index is 327. The highest BCUT2D eigenvalue weighted by atomic mass is 16.4. The van der Waals surface area contributed by atoms with Gasteiger partial charge in [-0.15, -0.1) is 24.7 Å². The summed E-state index contributed by atoms with van der Waals surface area (Å²) in [6, 6.07) is 0. The summed E-state index contributed by atoms with van der Waals surface area (Å²) in [6.45, 7) is 0. The van der Waals surface area contributed by atoms with Gasteiger partial charge in [-0.25, -0.2) is 0 Å². The lowest BCUT2D eigenvalue weighted by molar-refractivity contribution is -0.304. The highest BCUT2D eigenvalue weighted by Gasteiger charge is 2.07. The first-order chi connectivity index (χ1) is 6.54. The van der Waals surface area contributed by atoms with Gasteiger partial charge in [-0.2, -0.15) is 0 Å². The average molecular weight is 190 g/mol. The van der Waals surface area contributed by atoms with E-state index < -0.39 is 23.1 Å². The summed E-state index contributed by atoms with van der Waals surface area (Å²) in [5.41, 5.74) is -1.02. The van der Waals surface area contributed by atoms with Gasteiger partial charge in [0, 0.05) is 12.8 Å². The van der Waals surface area contributed by atoms with E-state index in [-0.39, 0.29) is 12.8 Å². The minimum absolute atomic E-state index is 0.354. The third kappa shape index (κ3) is 3.04. The molecule has 0 amide bonds. The van der Waals surface area contributed by atoms with Crippen LogP contribution < -0.4 is 10.2 Å². The van der Waals surface area contributed by atoms with Crippen LogP contribution in [0.15, 0.2) is 11.1 Å². The first-order valence-corrected chi connectivity index (χ1v) is 3.56. The normalized spacial score (nSPS) is 10.7. The molecule has 0 saturated heterocycles. The molecule has 0 rings (SSSR count). The molecule has 4 heteroatoms. The minimum Gasteiger partial charge on any atom is -0.545 e. The molecule has 4 nitrogen and oxygen atoms in total. The van der Waals surface area contributed by atoms with Gasteiger partial charge < -0.3 is 19.8 Å². The fourth-order valence-electron chi connectivity index (χ4n) is 0.808. The maximum absolute atomic E-state index is 10.5. The fourth-order valence-corrected chi connectivity index (χ4v) is 0.808. The number of carbonyl (C=O) groups is 2. The largest absolute Gasteiger partial charge is 0.545 e. The molecule has 0 radical (unpaired) electrons. The van der Waals surface area contributed by atoms with E-state index >= 15 is 0 Å². The van der Waals surface area contributed by atoms with Crippen LogP contribution in [0.4, 0.5) is 0 Å². The predicted octanol–water partition coefficient (Wildman–Crippen LogP) is -2.17. The standard InChI is InChI=1S/C10H8O4/c1-3-5-7(9(11)12)8(6-4-2)10(13)14/h1-2H,5-6H2,(H,11,12)(H,13,14)/p-2/b8-7-. The summed E-state index contributed by atoms with van der Waals surface area (Å²) in [6.07, 6.45) is 9.01. The Kier molecular flexibility index (Phi) is 4.59. The lowest BCUT2D eigenvalue weighted by atomic mass is 10.0. The molecule has 72 valence electrons. The van der Waals surface area contributed by atoms with Crippen LogP contribution in [-0.2, 0) is 9.59 Å². The molecule has 0 fully saturated rings. The summed E-state index contributed by atoms with van der Waals surface area (Å²) < 4.78 is 0. The monoisotopic (exact) mass is 190 g/mol. The Balaban J connectivity index is 5.30. The molecule has 0 saturated carbocycles. The van der Waals surface area contributed by atoms with Crippen molar-refractivity contribution in [3.05, 3.63) is 11.1 Å². The molecular weight excluding hydrogens is 184 g/mol. The van der Waals surface area contributed by atoms with Crippen molar-refractivity contribution < 1.29 is 19.8 Å². The van der Waals surface area contributed by atoms with Crippen LogP contribution in [0.2, 0.25) is 0 Å². The predicted molar refractivity (Wildman–Crippen MR) is 43.9 cm³/mol. The third-order valence-electron chi connectivity index (χ3n) is 1.41. The third-order valence-corrected chi connectivity index (χ3v) is 1.41. The van der Waals surface area contributed by atoms with Gasteiger partial charge in [0.05, 0.1) is 11.9 Å². The highest BCUT2D eigenvalue weighted by Crippen LogP contribution is 2.10. The molecule has 0 aliphatic heterocycles. The average Bonchev–Trinajstić information content (AvgIpc) is 2.10. The van der Waals surface area contributed by atoms with Crippen LogP contribution in [-0.4, -0.2) is 11.9 Å². The summed E-state index contributed by atoms with van der Waals surface area (Å²) in [5, 5.41) is 21.0. The van der Waals surface area contributed by atoms with Crippen LogP contribution in [0.5, 0.6) is 0 Å². The van der Waals surface area contributed by atoms with E-state index in [1.807, 2.05) is 11.8 Å². The van der Waals surface area contributed by atoms with Crippen molar-refractivity contribution in [3.63, 3.8) is 0 Å². The van der Waals surface area contributed by atoms with Crippen molar-refractivity contribution in [2.24, 2.45) is 0 Å². The van der Waals surface area contributed by atoms with E-state index in [0.717, 1.165) is 0 Å². The Labute approximate surface area is 81.2 Å². The van der Waals surface area contributed by atoms with E-state index in [0.29, 0.717) is 0 Å². The lowest BCUT2D eigenvalue weighted by Crippen LogP contribution is -2.31. The zero-order valence-corrected chi connectivity index (χ0v) is 7.20. The number of carbonyl (C=O) groups excluding carboxylic acids is 2. The number of rotatable bonds is 4. The van der Waals surface area contributed by atoms with Crippen molar-refractivity contribution in [1.82, 2.24) is 0 Å². The van der Waals surface area contributed by atoms with E-state index in [1.165, 1.54) is 0 Å². The Morgan fingerprint density at radius 3 is 1.36 bits per heavy atom. The first kappa shape index (κ1) is 11.8. The second-order valence-electron chi connectivity index (χ2n) is 2.29. The van der Waals surface area contributed by atoms with Crippen molar-refractivity contribution in [1.29, 1.82) is 0 Å². The highest BCUT2D eigenvalue weighted by molar-refractivity contribution is 5.97. The van der Waals surface area contributed by atoms with Gasteiger partial charge in [-0.05, 0) is 11.1 Å². The van der Waals surface area contributed by atoms with E-state index in [1.54, 1.807) is 0 Å². The Morgan fingerprint density at radius 2 is 1.21 bits per heavy atom. The summed E-state index contributed by atoms with van der Waals surface area (Å²) in [4.78, 5) is 21.0. The molecule has 0 aromatic heterocycles. The van der Waals surface area contributed by atoms with Gasteiger partial charge in [0.1, 0.15) is 0 Å². The van der Waals surface area contributed by atoms with Crippen LogP contribution in [0.3, 0.4) is 0 Å². The number of hydrogen-bond acceptors (Lipinski definition) is 4. The number of hydrogen-bond donors (Lipinski definition) is 0. The van der Waals surface area contributed by atoms with Gasteiger partial charge in [0.25, 0.3) is 0 Å². The van der Waals surface area contributed by atoms with E-state index in [9.17, 15) is 19.8 Å². The zero-order valence-electron chi connectivity index (χ0n) is 7.20. The molecule has 0 unspecified atom stereocenters. The molecule has 14 heavy (non-hydrogen) atoms. The van der Waals surface area contributed by atoms with Gasteiger partial charge in [0.2, 0.25) is 0 Å². The molecule has 0 aromatic carbocycles. The Hall–Kier alpha value is -2.20. The molecule has 0 aliphatic rings. The van der Waals surface area contributed by atoms with Crippen molar-refractivity contribution in [2.45, 2.75) is 12.8 Å². The van der Waals surface area contributed by atoms with Crippen LogP contribution in [0.1, 0.15) is 12.8 Å². The molecule has 0 N–H and O–H groups in total. The van der Waals surface area contributed by atoms with Gasteiger partial charge in [-0.3, -0.25) is 0 Å². The molecule has 0 spiro atoms. The first-order valence-electron chi connectivity index (χ1n) is 3.56. The maximum atomic E-state index is 10.5. The van der Waals surface area contributed by atoms with Crippen molar-refractivity contribution in [2.75, 3.05) is 0 Å². The maximum Gasteiger partial charge on any atom is 0.0688 e. The second-order valence-corrected chi connectivity index (χ2v) is 2.29. The van der Waals surface area contributed by atoms with Crippen LogP contribution in [0, 0.1) is 24.7 Å². The van der Waals surface area contributed by atoms with E-state index in [2.05, 4.69) is 0 Å². The molecule has 0 aliphatic carbocycles. The number of aliphatic carboxylic acids is 2. The quantitative estimate of drug-likeness (QED) is 0.373. The summed E-state index contributed by atoms with van der Waals surface area (Å²) in [7, 11) is 0. The second kappa shape index (κ2) is 5.45. The molecule has 0 bridgehead atoms. The zero-order chi connectivity index (χ0) is 11.1. The van der Waals surface area contributed by atoms with Crippen LogP contribution in [0.25, 0.3) is 0 Å². The van der Waals surface area contributed by atoms with Gasteiger partial charge in [-0.1, -0.05) is 0 Å². The molecule has 0 atom stereocenters. The molecule has 0 aromatic rings. The van der Waals surface area contributed by atoms with E-state index in [4.69, 9.17) is 12.8 Å². The number of terminal acetylenes is 2. The lowest BCUT2D eigenvalue weighted by Gasteiger charge is -2.13. The van der Waals surface area contributed by atoms with Crippen LogP contribution >= 0.6 is 0 Å². The summed E-state index contributed by atoms with van der Waals surface area (Å²) in [5.74, 6) is 0.726. The number of carboxylic acids is 2. The molecule has 0 heterocycles. The smallest absolute Gasteiger partial charge is 0.0688 e. The summed E-state index contributed by atoms with van der Waals surface area (Å²) >= 11 is 0. The number of carboxylic acid groups (broad SMARTS) is 2. The Morgan fingerprint density at radius 1 is 0.929 bits per heavy atom. The molecular formula is C10H6O4-2. The SMILES string of the molecule is C#CC/C(C(=O)[O-])=C(\CC#C)C(=O)[O-].